The van der Waals surface area contributed by atoms with E-state index in [-0.39, 0.29) is 28.2 Å². The predicted molar refractivity (Wildman–Crippen MR) is 128 cm³/mol. The van der Waals surface area contributed by atoms with Crippen LogP contribution in [-0.4, -0.2) is 38.3 Å². The molecule has 6 nitrogen and oxygen atoms in total. The smallest absolute Gasteiger partial charge is 0.257 e. The van der Waals surface area contributed by atoms with Gasteiger partial charge in [0.15, 0.2) is 6.61 Å². The van der Waals surface area contributed by atoms with E-state index in [1.165, 1.54) is 28.1 Å². The summed E-state index contributed by atoms with van der Waals surface area (Å²) in [7, 11) is -3.70. The number of nitrogens with zero attached hydrogens (tertiary/aromatic N) is 1. The van der Waals surface area contributed by atoms with E-state index < -0.39 is 10.0 Å². The van der Waals surface area contributed by atoms with Crippen LogP contribution in [0.3, 0.4) is 0 Å². The Labute approximate surface area is 199 Å². The first kappa shape index (κ1) is 23.3. The molecule has 0 bridgehead atoms. The molecule has 8 heteroatoms. The van der Waals surface area contributed by atoms with Gasteiger partial charge in [0, 0.05) is 19.6 Å². The van der Waals surface area contributed by atoms with Crippen molar-refractivity contribution >= 4 is 27.5 Å². The second-order valence-electron chi connectivity index (χ2n) is 7.82. The fraction of sp³-hybridized carbons (Fsp3) is 0.240. The van der Waals surface area contributed by atoms with Gasteiger partial charge in [-0.3, -0.25) is 4.79 Å². The van der Waals surface area contributed by atoms with Crippen molar-refractivity contribution in [2.45, 2.75) is 24.3 Å². The number of hydrogen-bond acceptors (Lipinski definition) is 4. The zero-order valence-corrected chi connectivity index (χ0v) is 19.6. The summed E-state index contributed by atoms with van der Waals surface area (Å²) in [5, 5.41) is 2.94. The molecular formula is C25H25ClN2O4S. The standard InChI is InChI=1S/C25H25ClN2O4S/c26-23-16-22(33(30,31)28-15-13-20-8-4-5-9-21(20)17-28)10-11-24(23)32-18-25(29)27-14-12-19-6-2-1-3-7-19/h1-11,16H,12-15,17-18H2,(H,27,29). The van der Waals surface area contributed by atoms with E-state index in [1.54, 1.807) is 0 Å². The Balaban J connectivity index is 1.33. The lowest BCUT2D eigenvalue weighted by Gasteiger charge is -2.28. The van der Waals surface area contributed by atoms with Gasteiger partial charge in [0.2, 0.25) is 10.0 Å². The van der Waals surface area contributed by atoms with Crippen molar-refractivity contribution in [1.82, 2.24) is 9.62 Å². The normalized spacial score (nSPS) is 13.8. The number of hydrogen-bond donors (Lipinski definition) is 1. The third-order valence-electron chi connectivity index (χ3n) is 5.57. The van der Waals surface area contributed by atoms with Crippen molar-refractivity contribution in [3.63, 3.8) is 0 Å². The van der Waals surface area contributed by atoms with Gasteiger partial charge < -0.3 is 10.1 Å². The van der Waals surface area contributed by atoms with Crippen LogP contribution in [0.1, 0.15) is 16.7 Å². The van der Waals surface area contributed by atoms with Gasteiger partial charge in [-0.1, -0.05) is 66.2 Å². The van der Waals surface area contributed by atoms with Crippen molar-refractivity contribution in [2.24, 2.45) is 0 Å². The number of sulfonamides is 1. The maximum Gasteiger partial charge on any atom is 0.257 e. The molecule has 3 aromatic carbocycles. The maximum absolute atomic E-state index is 13.1. The number of nitrogens with one attached hydrogen (secondary N) is 1. The molecule has 1 amide bonds. The number of amides is 1. The summed E-state index contributed by atoms with van der Waals surface area (Å²) in [5.41, 5.74) is 3.32. The van der Waals surface area contributed by atoms with Gasteiger partial charge in [-0.2, -0.15) is 4.31 Å². The van der Waals surface area contributed by atoms with Crippen LogP contribution in [0.2, 0.25) is 5.02 Å². The van der Waals surface area contributed by atoms with E-state index in [1.807, 2.05) is 54.6 Å². The zero-order chi connectivity index (χ0) is 23.3. The first-order valence-corrected chi connectivity index (χ1v) is 12.6. The van der Waals surface area contributed by atoms with E-state index in [4.69, 9.17) is 16.3 Å². The Bertz CT molecular complexity index is 1230. The van der Waals surface area contributed by atoms with E-state index in [0.717, 1.165) is 17.5 Å². The van der Waals surface area contributed by atoms with Gasteiger partial charge in [0.05, 0.1) is 9.92 Å². The monoisotopic (exact) mass is 484 g/mol. The molecule has 33 heavy (non-hydrogen) atoms. The first-order valence-electron chi connectivity index (χ1n) is 10.7. The molecule has 4 rings (SSSR count). The van der Waals surface area contributed by atoms with Crippen LogP contribution in [-0.2, 0) is 34.2 Å². The summed E-state index contributed by atoms with van der Waals surface area (Å²) in [5.74, 6) is -0.0107. The van der Waals surface area contributed by atoms with Gasteiger partial charge in [-0.15, -0.1) is 0 Å². The van der Waals surface area contributed by atoms with Gasteiger partial charge in [0.25, 0.3) is 5.91 Å². The summed E-state index contributed by atoms with van der Waals surface area (Å²) < 4.78 is 33.2. The lowest BCUT2D eigenvalue weighted by atomic mass is 10.0. The van der Waals surface area contributed by atoms with Crippen LogP contribution in [0.4, 0.5) is 0 Å². The molecule has 0 fully saturated rings. The van der Waals surface area contributed by atoms with Gasteiger partial charge >= 0.3 is 0 Å². The highest BCUT2D eigenvalue weighted by Gasteiger charge is 2.28. The third-order valence-corrected chi connectivity index (χ3v) is 7.71. The Kier molecular flexibility index (Phi) is 7.33. The molecule has 1 aliphatic heterocycles. The fourth-order valence-electron chi connectivity index (χ4n) is 3.77. The first-order chi connectivity index (χ1) is 15.9. The molecule has 1 aliphatic rings. The minimum absolute atomic E-state index is 0.103. The van der Waals surface area contributed by atoms with Crippen molar-refractivity contribution < 1.29 is 17.9 Å². The third kappa shape index (κ3) is 5.74. The molecule has 0 aliphatic carbocycles. The number of carbonyl (C=O) groups is 1. The number of rotatable bonds is 8. The molecule has 0 radical (unpaired) electrons. The molecule has 3 aromatic rings. The number of ether oxygens (including phenoxy) is 1. The molecule has 0 saturated carbocycles. The van der Waals surface area contributed by atoms with Gasteiger partial charge in [-0.05, 0) is 47.7 Å². The highest BCUT2D eigenvalue weighted by Crippen LogP contribution is 2.30. The Morgan fingerprint density at radius 1 is 1.00 bits per heavy atom. The van der Waals surface area contributed by atoms with E-state index in [0.29, 0.717) is 26.1 Å². The number of fused-ring (bicyclic) bond motifs is 1. The van der Waals surface area contributed by atoms with Crippen LogP contribution >= 0.6 is 11.6 Å². The summed E-state index contributed by atoms with van der Waals surface area (Å²) in [6.07, 6.45) is 1.39. The number of benzene rings is 3. The molecule has 1 N–H and O–H groups in total. The summed E-state index contributed by atoms with van der Waals surface area (Å²) >= 11 is 6.28. The van der Waals surface area contributed by atoms with Crippen LogP contribution in [0.25, 0.3) is 0 Å². The fourth-order valence-corrected chi connectivity index (χ4v) is 5.51. The number of carbonyl (C=O) groups excluding carboxylic acids is 1. The molecule has 0 atom stereocenters. The van der Waals surface area contributed by atoms with Crippen LogP contribution in [0.15, 0.2) is 77.7 Å². The molecule has 172 valence electrons. The van der Waals surface area contributed by atoms with Gasteiger partial charge in [-0.25, -0.2) is 8.42 Å². The zero-order valence-electron chi connectivity index (χ0n) is 18.0. The summed E-state index contributed by atoms with van der Waals surface area (Å²) in [6, 6.07) is 22.0. The highest BCUT2D eigenvalue weighted by molar-refractivity contribution is 7.89. The topological polar surface area (TPSA) is 75.7 Å². The Hall–Kier alpha value is -2.87. The van der Waals surface area contributed by atoms with Crippen LogP contribution in [0.5, 0.6) is 5.75 Å². The average Bonchev–Trinajstić information content (AvgIpc) is 2.83. The van der Waals surface area contributed by atoms with Crippen molar-refractivity contribution in [2.75, 3.05) is 19.7 Å². The molecule has 0 aromatic heterocycles. The minimum atomic E-state index is -3.70. The predicted octanol–water partition coefficient (Wildman–Crippen LogP) is 3.82. The molecule has 0 spiro atoms. The SMILES string of the molecule is O=C(COc1ccc(S(=O)(=O)N2CCc3ccccc3C2)cc1Cl)NCCc1ccccc1. The summed E-state index contributed by atoms with van der Waals surface area (Å²) in [4.78, 5) is 12.2. The maximum atomic E-state index is 13.1. The quantitative estimate of drug-likeness (QED) is 0.527. The largest absolute Gasteiger partial charge is 0.482 e. The lowest BCUT2D eigenvalue weighted by molar-refractivity contribution is -0.123. The average molecular weight is 485 g/mol. The lowest BCUT2D eigenvalue weighted by Crippen LogP contribution is -2.35. The Morgan fingerprint density at radius 3 is 2.48 bits per heavy atom. The second kappa shape index (κ2) is 10.4. The second-order valence-corrected chi connectivity index (χ2v) is 10.2. The Morgan fingerprint density at radius 2 is 1.73 bits per heavy atom. The van der Waals surface area contributed by atoms with Crippen LogP contribution in [0, 0.1) is 0 Å². The molecule has 0 unspecified atom stereocenters. The van der Waals surface area contributed by atoms with E-state index >= 15 is 0 Å². The summed E-state index contributed by atoms with van der Waals surface area (Å²) in [6.45, 7) is 1.04. The van der Waals surface area contributed by atoms with Gasteiger partial charge in [0.1, 0.15) is 5.75 Å². The number of halogens is 1. The van der Waals surface area contributed by atoms with Crippen molar-refractivity contribution in [3.05, 3.63) is 94.5 Å². The van der Waals surface area contributed by atoms with E-state index in [2.05, 4.69) is 5.32 Å². The van der Waals surface area contributed by atoms with Crippen LogP contribution < -0.4 is 10.1 Å². The molecule has 0 saturated heterocycles. The van der Waals surface area contributed by atoms with E-state index in [9.17, 15) is 13.2 Å². The highest BCUT2D eigenvalue weighted by atomic mass is 35.5. The van der Waals surface area contributed by atoms with Crippen molar-refractivity contribution in [1.29, 1.82) is 0 Å². The molecule has 1 heterocycles. The van der Waals surface area contributed by atoms with Crippen molar-refractivity contribution in [3.8, 4) is 5.75 Å². The molecular weight excluding hydrogens is 460 g/mol. The minimum Gasteiger partial charge on any atom is -0.482 e.